The topological polar surface area (TPSA) is 96.8 Å². The van der Waals surface area contributed by atoms with Crippen LogP contribution in [-0.2, 0) is 39.3 Å². The quantitative estimate of drug-likeness (QED) is 0.0807. The Morgan fingerprint density at radius 1 is 0.265 bits per heavy atom. The van der Waals surface area contributed by atoms with E-state index in [2.05, 4.69) is 162 Å². The lowest BCUT2D eigenvalue weighted by atomic mass is 10.2. The van der Waals surface area contributed by atoms with Gasteiger partial charge in [-0.15, -0.1) is 0 Å². The fourth-order valence-corrected chi connectivity index (χ4v) is 4.63. The molecule has 0 radical (unpaired) electrons. The fourth-order valence-electron chi connectivity index (χ4n) is 4.63. The van der Waals surface area contributed by atoms with E-state index in [0.29, 0.717) is 0 Å². The van der Waals surface area contributed by atoms with E-state index in [1.807, 2.05) is 36.4 Å². The second-order valence-electron chi connectivity index (χ2n) is 11.1. The average molecular weight is 654 g/mol. The van der Waals surface area contributed by atoms with Gasteiger partial charge >= 0.3 is 7.32 Å². The normalized spacial score (nSPS) is 9.86. The number of hydrogen-bond acceptors (Lipinski definition) is 6. The van der Waals surface area contributed by atoms with Crippen molar-refractivity contribution in [3.63, 3.8) is 0 Å². The molecule has 0 unspecified atom stereocenters. The summed E-state index contributed by atoms with van der Waals surface area (Å²) < 4.78 is 0. The van der Waals surface area contributed by atoms with Crippen LogP contribution in [0.15, 0.2) is 182 Å². The zero-order valence-electron chi connectivity index (χ0n) is 28.0. The molecule has 6 rings (SSSR count). The SMILES string of the molecule is OB(O)O.c1ccc(CNCc2ccccc2)cc1.c1ccc(CNCc2ccccc2)cc1.c1ccc(CNCc2ccccc2)cc1. The van der Waals surface area contributed by atoms with Crippen molar-refractivity contribution in [3.05, 3.63) is 215 Å². The molecule has 0 aliphatic heterocycles. The lowest BCUT2D eigenvalue weighted by molar-refractivity contribution is 0.278. The Bertz CT molecular complexity index is 1280. The Balaban J connectivity index is 0.000000188. The van der Waals surface area contributed by atoms with Crippen LogP contribution in [0.5, 0.6) is 0 Å². The molecular weight excluding hydrogens is 605 g/mol. The van der Waals surface area contributed by atoms with Crippen molar-refractivity contribution in [3.8, 4) is 0 Å². The molecule has 0 atom stereocenters. The molecule has 0 aliphatic carbocycles. The highest BCUT2D eigenvalue weighted by Crippen LogP contribution is 2.03. The minimum absolute atomic E-state index is 0.926. The second kappa shape index (κ2) is 25.2. The van der Waals surface area contributed by atoms with Crippen LogP contribution in [0.3, 0.4) is 0 Å². The Morgan fingerprint density at radius 3 is 0.510 bits per heavy atom. The molecule has 0 aliphatic rings. The van der Waals surface area contributed by atoms with E-state index in [0.717, 1.165) is 39.3 Å². The standard InChI is InChI=1S/3C14H15N.BH3O3/c3*1-3-7-13(8-4-1)11-15-12-14-9-5-2-6-10-14;2-1(3)4/h3*1-10,15H,11-12H2;2-4H. The van der Waals surface area contributed by atoms with Gasteiger partial charge < -0.3 is 31.0 Å². The van der Waals surface area contributed by atoms with Crippen LogP contribution in [0.25, 0.3) is 0 Å². The van der Waals surface area contributed by atoms with E-state index in [1.54, 1.807) is 0 Å². The fraction of sp³-hybridized carbons (Fsp3) is 0.143. The van der Waals surface area contributed by atoms with Gasteiger partial charge in [0.2, 0.25) is 0 Å². The Labute approximate surface area is 292 Å². The van der Waals surface area contributed by atoms with Crippen LogP contribution < -0.4 is 16.0 Å². The van der Waals surface area contributed by atoms with Crippen LogP contribution in [-0.4, -0.2) is 22.4 Å². The second-order valence-corrected chi connectivity index (χ2v) is 11.1. The molecule has 6 aromatic carbocycles. The van der Waals surface area contributed by atoms with E-state index in [-0.39, 0.29) is 0 Å². The predicted octanol–water partition coefficient (Wildman–Crippen LogP) is 6.88. The van der Waals surface area contributed by atoms with Gasteiger partial charge in [0.15, 0.2) is 0 Å². The molecule has 6 nitrogen and oxygen atoms in total. The van der Waals surface area contributed by atoms with Gasteiger partial charge in [-0.2, -0.15) is 0 Å². The highest BCUT2D eigenvalue weighted by Gasteiger charge is 1.95. The zero-order chi connectivity index (χ0) is 34.6. The highest BCUT2D eigenvalue weighted by molar-refractivity contribution is 6.30. The maximum atomic E-state index is 7.17. The minimum atomic E-state index is -2.17. The Kier molecular flexibility index (Phi) is 19.8. The summed E-state index contributed by atoms with van der Waals surface area (Å²) in [6.07, 6.45) is 0. The lowest BCUT2D eigenvalue weighted by Gasteiger charge is -2.04. The van der Waals surface area contributed by atoms with Gasteiger partial charge in [0.05, 0.1) is 0 Å². The van der Waals surface area contributed by atoms with Gasteiger partial charge in [0.25, 0.3) is 0 Å². The molecule has 0 saturated carbocycles. The number of nitrogens with one attached hydrogen (secondary N) is 3. The molecule has 6 N–H and O–H groups in total. The average Bonchev–Trinajstić information content (AvgIpc) is 3.15. The highest BCUT2D eigenvalue weighted by atomic mass is 16.5. The maximum Gasteiger partial charge on any atom is 0.631 e. The van der Waals surface area contributed by atoms with Crippen molar-refractivity contribution in [2.75, 3.05) is 0 Å². The number of rotatable bonds is 12. The molecule has 49 heavy (non-hydrogen) atoms. The van der Waals surface area contributed by atoms with Crippen LogP contribution in [0.4, 0.5) is 0 Å². The van der Waals surface area contributed by atoms with Crippen LogP contribution in [0.1, 0.15) is 33.4 Å². The van der Waals surface area contributed by atoms with E-state index in [1.165, 1.54) is 33.4 Å². The van der Waals surface area contributed by atoms with Gasteiger partial charge in [-0.3, -0.25) is 0 Å². The molecule has 7 heteroatoms. The first-order valence-corrected chi connectivity index (χ1v) is 16.5. The third-order valence-electron chi connectivity index (χ3n) is 7.03. The third kappa shape index (κ3) is 19.5. The lowest BCUT2D eigenvalue weighted by Crippen LogP contribution is -2.12. The van der Waals surface area contributed by atoms with Gasteiger partial charge in [0, 0.05) is 39.3 Å². The molecule has 0 amide bonds. The monoisotopic (exact) mass is 653 g/mol. The Hall–Kier alpha value is -4.86. The van der Waals surface area contributed by atoms with Gasteiger partial charge in [-0.1, -0.05) is 182 Å². The van der Waals surface area contributed by atoms with Crippen molar-refractivity contribution in [1.82, 2.24) is 16.0 Å². The Morgan fingerprint density at radius 2 is 0.388 bits per heavy atom. The molecule has 0 bridgehead atoms. The largest absolute Gasteiger partial charge is 0.631 e. The number of hydrogen-bond donors (Lipinski definition) is 6. The minimum Gasteiger partial charge on any atom is -0.402 e. The van der Waals surface area contributed by atoms with E-state index < -0.39 is 7.32 Å². The van der Waals surface area contributed by atoms with Crippen LogP contribution in [0, 0.1) is 0 Å². The van der Waals surface area contributed by atoms with Gasteiger partial charge in [-0.05, 0) is 33.4 Å². The number of benzene rings is 6. The molecule has 0 saturated heterocycles. The maximum absolute atomic E-state index is 7.17. The molecule has 252 valence electrons. The zero-order valence-corrected chi connectivity index (χ0v) is 28.0. The van der Waals surface area contributed by atoms with Gasteiger partial charge in [-0.25, -0.2) is 0 Å². The summed E-state index contributed by atoms with van der Waals surface area (Å²) in [6, 6.07) is 62.7. The molecule has 0 heterocycles. The van der Waals surface area contributed by atoms with Crippen molar-refractivity contribution in [1.29, 1.82) is 0 Å². The molecule has 0 aromatic heterocycles. The van der Waals surface area contributed by atoms with Crippen molar-refractivity contribution < 1.29 is 15.1 Å². The summed E-state index contributed by atoms with van der Waals surface area (Å²) >= 11 is 0. The van der Waals surface area contributed by atoms with Crippen molar-refractivity contribution in [2.24, 2.45) is 0 Å². The van der Waals surface area contributed by atoms with E-state index >= 15 is 0 Å². The molecule has 0 fully saturated rings. The summed E-state index contributed by atoms with van der Waals surface area (Å²) in [5.41, 5.74) is 7.96. The smallest absolute Gasteiger partial charge is 0.402 e. The summed E-state index contributed by atoms with van der Waals surface area (Å²) in [7, 11) is -2.17. The summed E-state index contributed by atoms with van der Waals surface area (Å²) in [5, 5.41) is 31.8. The summed E-state index contributed by atoms with van der Waals surface area (Å²) in [4.78, 5) is 0. The summed E-state index contributed by atoms with van der Waals surface area (Å²) in [6.45, 7) is 5.56. The first-order valence-electron chi connectivity index (χ1n) is 16.5. The van der Waals surface area contributed by atoms with E-state index in [4.69, 9.17) is 15.1 Å². The third-order valence-corrected chi connectivity index (χ3v) is 7.03. The van der Waals surface area contributed by atoms with Crippen LogP contribution in [0.2, 0.25) is 0 Å². The molecule has 6 aromatic rings. The van der Waals surface area contributed by atoms with Gasteiger partial charge in [0.1, 0.15) is 0 Å². The van der Waals surface area contributed by atoms with Crippen LogP contribution >= 0.6 is 0 Å². The first kappa shape index (κ1) is 38.6. The molecular formula is C42H48BN3O3. The predicted molar refractivity (Wildman–Crippen MR) is 203 cm³/mol. The van der Waals surface area contributed by atoms with Crippen molar-refractivity contribution >= 4 is 7.32 Å². The first-order chi connectivity index (χ1) is 24.1. The van der Waals surface area contributed by atoms with Crippen molar-refractivity contribution in [2.45, 2.75) is 39.3 Å². The summed E-state index contributed by atoms with van der Waals surface area (Å²) in [5.74, 6) is 0. The molecule has 0 spiro atoms. The van der Waals surface area contributed by atoms with E-state index in [9.17, 15) is 0 Å².